The van der Waals surface area contributed by atoms with Crippen LogP contribution in [0, 0.1) is 13.8 Å². The fraction of sp³-hybridized carbons (Fsp3) is 0.316. The number of nitrogens with zero attached hydrogens (tertiary/aromatic N) is 2. The summed E-state index contributed by atoms with van der Waals surface area (Å²) >= 11 is 0. The highest BCUT2D eigenvalue weighted by molar-refractivity contribution is 7.91. The van der Waals surface area contributed by atoms with Crippen LogP contribution in [0.2, 0.25) is 0 Å². The van der Waals surface area contributed by atoms with Crippen LogP contribution in [0.25, 0.3) is 0 Å². The van der Waals surface area contributed by atoms with Crippen LogP contribution >= 0.6 is 0 Å². The number of benzene rings is 2. The summed E-state index contributed by atoms with van der Waals surface area (Å²) in [5.74, 6) is 0.0271. The SMILES string of the molecule is Cc1cc(C)cc(N2C(=O)N(c3ccccc3)[C@H]3CS(=O)(=O)C[C@@H]32)c1. The highest BCUT2D eigenvalue weighted by Gasteiger charge is 2.54. The second kappa shape index (κ2) is 5.59. The highest BCUT2D eigenvalue weighted by atomic mass is 32.2. The molecule has 2 saturated heterocycles. The molecule has 2 atom stereocenters. The van der Waals surface area contributed by atoms with Crippen LogP contribution in [0.5, 0.6) is 0 Å². The zero-order chi connectivity index (χ0) is 17.8. The van der Waals surface area contributed by atoms with Gasteiger partial charge in [0.25, 0.3) is 0 Å². The molecule has 0 unspecified atom stereocenters. The Bertz CT molecular complexity index is 920. The van der Waals surface area contributed by atoms with Crippen LogP contribution in [0.3, 0.4) is 0 Å². The van der Waals surface area contributed by atoms with E-state index in [-0.39, 0.29) is 29.6 Å². The van der Waals surface area contributed by atoms with Gasteiger partial charge >= 0.3 is 6.03 Å². The van der Waals surface area contributed by atoms with Crippen molar-refractivity contribution in [1.29, 1.82) is 0 Å². The number of sulfone groups is 1. The summed E-state index contributed by atoms with van der Waals surface area (Å²) in [6.45, 7) is 3.96. The number of carbonyl (C=O) groups excluding carboxylic acids is 1. The molecular formula is C19H20N2O3S. The zero-order valence-electron chi connectivity index (χ0n) is 14.2. The van der Waals surface area contributed by atoms with Crippen LogP contribution in [0.1, 0.15) is 11.1 Å². The van der Waals surface area contributed by atoms with E-state index < -0.39 is 9.84 Å². The van der Waals surface area contributed by atoms with E-state index in [0.717, 1.165) is 22.5 Å². The van der Waals surface area contributed by atoms with Crippen molar-refractivity contribution in [2.24, 2.45) is 0 Å². The molecular weight excluding hydrogens is 336 g/mol. The average molecular weight is 356 g/mol. The van der Waals surface area contributed by atoms with Gasteiger partial charge in [-0.15, -0.1) is 0 Å². The fourth-order valence-corrected chi connectivity index (χ4v) is 5.90. The number of hydrogen-bond donors (Lipinski definition) is 0. The van der Waals surface area contributed by atoms with Gasteiger partial charge in [0, 0.05) is 11.4 Å². The lowest BCUT2D eigenvalue weighted by molar-refractivity contribution is 0.255. The highest BCUT2D eigenvalue weighted by Crippen LogP contribution is 2.38. The Morgan fingerprint density at radius 1 is 0.840 bits per heavy atom. The number of aryl methyl sites for hydroxylation is 2. The zero-order valence-corrected chi connectivity index (χ0v) is 15.0. The molecule has 2 fully saturated rings. The standard InChI is InChI=1S/C19H20N2O3S/c1-13-8-14(2)10-16(9-13)21-18-12-25(23,24)11-17(18)20(19(21)22)15-6-4-3-5-7-15/h3-10,17-18H,11-12H2,1-2H3/t17-,18-/m0/s1. The number of para-hydroxylation sites is 1. The van der Waals surface area contributed by atoms with Gasteiger partial charge < -0.3 is 0 Å². The van der Waals surface area contributed by atoms with E-state index in [1.807, 2.05) is 62.4 Å². The van der Waals surface area contributed by atoms with E-state index in [4.69, 9.17) is 0 Å². The van der Waals surface area contributed by atoms with Crippen LogP contribution in [0.15, 0.2) is 48.5 Å². The third kappa shape index (κ3) is 2.70. The quantitative estimate of drug-likeness (QED) is 0.778. The van der Waals surface area contributed by atoms with E-state index in [9.17, 15) is 13.2 Å². The topological polar surface area (TPSA) is 57.7 Å². The van der Waals surface area contributed by atoms with Gasteiger partial charge in [-0.25, -0.2) is 13.2 Å². The van der Waals surface area contributed by atoms with Gasteiger partial charge in [0.15, 0.2) is 9.84 Å². The first-order valence-electron chi connectivity index (χ1n) is 8.32. The van der Waals surface area contributed by atoms with Crippen LogP contribution in [-0.4, -0.2) is 38.0 Å². The van der Waals surface area contributed by atoms with Crippen molar-refractivity contribution in [2.75, 3.05) is 21.3 Å². The van der Waals surface area contributed by atoms with Crippen molar-refractivity contribution in [3.8, 4) is 0 Å². The average Bonchev–Trinajstić information content (AvgIpc) is 2.95. The number of hydrogen-bond acceptors (Lipinski definition) is 3. The summed E-state index contributed by atoms with van der Waals surface area (Å²) in [4.78, 5) is 16.5. The van der Waals surface area contributed by atoms with Gasteiger partial charge in [-0.2, -0.15) is 0 Å². The molecule has 0 radical (unpaired) electrons. The predicted molar refractivity (Wildman–Crippen MR) is 98.9 cm³/mol. The third-order valence-corrected chi connectivity index (χ3v) is 6.59. The maximum atomic E-state index is 13.2. The molecule has 0 bridgehead atoms. The first-order chi connectivity index (χ1) is 11.9. The second-order valence-corrected chi connectivity index (χ2v) is 9.07. The lowest BCUT2D eigenvalue weighted by atomic mass is 10.1. The first-order valence-corrected chi connectivity index (χ1v) is 10.1. The normalized spacial score (nSPS) is 24.6. The molecule has 2 aliphatic rings. The van der Waals surface area contributed by atoms with Gasteiger partial charge in [-0.1, -0.05) is 24.3 Å². The van der Waals surface area contributed by atoms with Gasteiger partial charge in [-0.3, -0.25) is 9.80 Å². The van der Waals surface area contributed by atoms with Gasteiger partial charge in [-0.05, 0) is 49.2 Å². The largest absolute Gasteiger partial charge is 0.329 e. The number of urea groups is 1. The number of rotatable bonds is 2. The molecule has 2 aliphatic heterocycles. The lowest BCUT2D eigenvalue weighted by Gasteiger charge is -2.23. The van der Waals surface area contributed by atoms with Crippen molar-refractivity contribution >= 4 is 27.2 Å². The molecule has 2 amide bonds. The number of fused-ring (bicyclic) bond motifs is 1. The Labute approximate surface area is 147 Å². The minimum atomic E-state index is -3.17. The Kier molecular flexibility index (Phi) is 3.61. The van der Waals surface area contributed by atoms with Crippen LogP contribution in [-0.2, 0) is 9.84 Å². The summed E-state index contributed by atoms with van der Waals surface area (Å²) in [6.07, 6.45) is 0. The molecule has 0 N–H and O–H groups in total. The van der Waals surface area contributed by atoms with Crippen LogP contribution in [0.4, 0.5) is 16.2 Å². The Morgan fingerprint density at radius 3 is 1.92 bits per heavy atom. The molecule has 0 aliphatic carbocycles. The molecule has 0 spiro atoms. The maximum absolute atomic E-state index is 13.2. The van der Waals surface area contributed by atoms with Gasteiger partial charge in [0.05, 0.1) is 23.6 Å². The Hall–Kier alpha value is -2.34. The number of amides is 2. The monoisotopic (exact) mass is 356 g/mol. The minimum absolute atomic E-state index is 0.0135. The molecule has 0 aromatic heterocycles. The van der Waals surface area contributed by atoms with Gasteiger partial charge in [0.2, 0.25) is 0 Å². The number of carbonyl (C=O) groups is 1. The first kappa shape index (κ1) is 16.1. The fourth-order valence-electron chi connectivity index (χ4n) is 3.99. The molecule has 4 rings (SSSR count). The number of anilines is 2. The van der Waals surface area contributed by atoms with Crippen molar-refractivity contribution in [3.63, 3.8) is 0 Å². The van der Waals surface area contributed by atoms with Crippen molar-refractivity contribution in [3.05, 3.63) is 59.7 Å². The molecule has 2 aromatic rings. The Morgan fingerprint density at radius 2 is 1.36 bits per heavy atom. The Balaban J connectivity index is 1.83. The molecule has 25 heavy (non-hydrogen) atoms. The summed E-state index contributed by atoms with van der Waals surface area (Å²) in [6, 6.07) is 14.4. The van der Waals surface area contributed by atoms with E-state index >= 15 is 0 Å². The van der Waals surface area contributed by atoms with Crippen molar-refractivity contribution in [1.82, 2.24) is 0 Å². The minimum Gasteiger partial charge on any atom is -0.288 e. The third-order valence-electron chi connectivity index (χ3n) is 4.89. The van der Waals surface area contributed by atoms with Crippen molar-refractivity contribution < 1.29 is 13.2 Å². The molecule has 6 heteroatoms. The summed E-state index contributed by atoms with van der Waals surface area (Å²) in [5.41, 5.74) is 3.62. The van der Waals surface area contributed by atoms with E-state index in [1.165, 1.54) is 0 Å². The molecule has 5 nitrogen and oxygen atoms in total. The van der Waals surface area contributed by atoms with E-state index in [2.05, 4.69) is 0 Å². The summed E-state index contributed by atoms with van der Waals surface area (Å²) < 4.78 is 24.5. The lowest BCUT2D eigenvalue weighted by Crippen LogP contribution is -2.38. The molecule has 2 heterocycles. The molecule has 2 aromatic carbocycles. The second-order valence-electron chi connectivity index (χ2n) is 6.92. The molecule has 130 valence electrons. The van der Waals surface area contributed by atoms with Crippen LogP contribution < -0.4 is 9.80 Å². The van der Waals surface area contributed by atoms with E-state index in [0.29, 0.717) is 0 Å². The summed E-state index contributed by atoms with van der Waals surface area (Å²) in [5, 5.41) is 0. The smallest absolute Gasteiger partial charge is 0.288 e. The molecule has 0 saturated carbocycles. The predicted octanol–water partition coefficient (Wildman–Crippen LogP) is 2.92. The summed E-state index contributed by atoms with van der Waals surface area (Å²) in [7, 11) is -3.17. The van der Waals surface area contributed by atoms with E-state index in [1.54, 1.807) is 9.80 Å². The van der Waals surface area contributed by atoms with Crippen molar-refractivity contribution in [2.45, 2.75) is 25.9 Å². The maximum Gasteiger partial charge on any atom is 0.329 e. The van der Waals surface area contributed by atoms with Gasteiger partial charge in [0.1, 0.15) is 0 Å².